The van der Waals surface area contributed by atoms with Crippen molar-refractivity contribution in [3.63, 3.8) is 0 Å². The van der Waals surface area contributed by atoms with Crippen molar-refractivity contribution in [2.45, 2.75) is 78.9 Å². The number of rotatable bonds is 6. The number of hydrogen-bond acceptors (Lipinski definition) is 6. The summed E-state index contributed by atoms with van der Waals surface area (Å²) < 4.78 is 16.2. The maximum atomic E-state index is 12.3. The third-order valence-electron chi connectivity index (χ3n) is 6.56. The summed E-state index contributed by atoms with van der Waals surface area (Å²) >= 11 is 0. The SMILES string of the molecule is C=C(C(=O)OC)[C@H]1CC2=C(C)[C@@H](OC(=O)C=C(C)CC)CC[C@]2(C)C[C@H]1OC(C)=O. The maximum absolute atomic E-state index is 12.3. The predicted molar refractivity (Wildman–Crippen MR) is 113 cm³/mol. The molecule has 2 aliphatic rings. The average molecular weight is 419 g/mol. The number of methoxy groups -OCH3 is 1. The van der Waals surface area contributed by atoms with E-state index in [1.165, 1.54) is 14.0 Å². The van der Waals surface area contributed by atoms with Crippen molar-refractivity contribution < 1.29 is 28.6 Å². The Kier molecular flexibility index (Phi) is 7.67. The van der Waals surface area contributed by atoms with E-state index in [-0.39, 0.29) is 29.4 Å². The third-order valence-corrected chi connectivity index (χ3v) is 6.56. The minimum Gasteiger partial charge on any atom is -0.466 e. The first-order chi connectivity index (χ1) is 14.0. The van der Waals surface area contributed by atoms with E-state index in [4.69, 9.17) is 14.2 Å². The second-order valence-electron chi connectivity index (χ2n) is 8.71. The fraction of sp³-hybridized carbons (Fsp3) is 0.625. The summed E-state index contributed by atoms with van der Waals surface area (Å²) in [5, 5.41) is 0. The molecule has 0 saturated heterocycles. The lowest BCUT2D eigenvalue weighted by molar-refractivity contribution is -0.154. The molecule has 0 N–H and O–H groups in total. The quantitative estimate of drug-likeness (QED) is 0.275. The van der Waals surface area contributed by atoms with Gasteiger partial charge in [-0.05, 0) is 56.9 Å². The van der Waals surface area contributed by atoms with Gasteiger partial charge in [0, 0.05) is 24.5 Å². The Morgan fingerprint density at radius 2 is 1.90 bits per heavy atom. The molecule has 0 amide bonds. The molecule has 0 aromatic rings. The summed E-state index contributed by atoms with van der Waals surface area (Å²) in [7, 11) is 1.31. The van der Waals surface area contributed by atoms with Crippen molar-refractivity contribution in [3.05, 3.63) is 34.9 Å². The molecule has 0 spiro atoms. The first kappa shape index (κ1) is 23.9. The highest BCUT2D eigenvalue weighted by atomic mass is 16.5. The summed E-state index contributed by atoms with van der Waals surface area (Å²) in [6.45, 7) is 13.3. The van der Waals surface area contributed by atoms with E-state index < -0.39 is 12.1 Å². The van der Waals surface area contributed by atoms with Crippen molar-refractivity contribution >= 4 is 17.9 Å². The lowest BCUT2D eigenvalue weighted by Crippen LogP contribution is -2.45. The molecule has 0 heterocycles. The molecule has 1 saturated carbocycles. The van der Waals surface area contributed by atoms with Gasteiger partial charge < -0.3 is 14.2 Å². The Bertz CT molecular complexity index is 790. The van der Waals surface area contributed by atoms with Crippen molar-refractivity contribution in [1.29, 1.82) is 0 Å². The van der Waals surface area contributed by atoms with Gasteiger partial charge in [-0.3, -0.25) is 4.79 Å². The summed E-state index contributed by atoms with van der Waals surface area (Å²) in [4.78, 5) is 36.1. The van der Waals surface area contributed by atoms with Crippen LogP contribution in [-0.4, -0.2) is 37.2 Å². The van der Waals surface area contributed by atoms with E-state index in [1.807, 2.05) is 20.8 Å². The molecule has 30 heavy (non-hydrogen) atoms. The Morgan fingerprint density at radius 1 is 1.23 bits per heavy atom. The Hall–Kier alpha value is -2.37. The lowest BCUT2D eigenvalue weighted by atomic mass is 9.59. The van der Waals surface area contributed by atoms with Crippen LogP contribution in [0.2, 0.25) is 0 Å². The highest BCUT2D eigenvalue weighted by molar-refractivity contribution is 5.88. The van der Waals surface area contributed by atoms with Crippen LogP contribution in [0.5, 0.6) is 0 Å². The molecule has 1 fully saturated rings. The van der Waals surface area contributed by atoms with Crippen LogP contribution < -0.4 is 0 Å². The molecule has 0 radical (unpaired) electrons. The molecular formula is C24H34O6. The smallest absolute Gasteiger partial charge is 0.333 e. The molecule has 0 unspecified atom stereocenters. The first-order valence-electron chi connectivity index (χ1n) is 10.5. The number of carbonyl (C=O) groups is 3. The normalized spacial score (nSPS) is 29.0. The van der Waals surface area contributed by atoms with Gasteiger partial charge in [-0.15, -0.1) is 0 Å². The molecule has 0 aliphatic heterocycles. The zero-order valence-corrected chi connectivity index (χ0v) is 19.0. The first-order valence-corrected chi connectivity index (χ1v) is 10.5. The van der Waals surface area contributed by atoms with Crippen molar-refractivity contribution in [2.24, 2.45) is 11.3 Å². The van der Waals surface area contributed by atoms with Gasteiger partial charge in [0.2, 0.25) is 0 Å². The second-order valence-corrected chi connectivity index (χ2v) is 8.71. The van der Waals surface area contributed by atoms with Crippen molar-refractivity contribution in [2.75, 3.05) is 7.11 Å². The second kappa shape index (κ2) is 9.63. The number of fused-ring (bicyclic) bond motifs is 1. The van der Waals surface area contributed by atoms with E-state index >= 15 is 0 Å². The molecule has 6 heteroatoms. The van der Waals surface area contributed by atoms with E-state index in [2.05, 4.69) is 13.5 Å². The van der Waals surface area contributed by atoms with Gasteiger partial charge in [0.1, 0.15) is 12.2 Å². The molecule has 0 aromatic carbocycles. The fourth-order valence-corrected chi connectivity index (χ4v) is 4.65. The zero-order chi connectivity index (χ0) is 22.6. The van der Waals surface area contributed by atoms with Crippen LogP contribution in [0.15, 0.2) is 34.9 Å². The molecule has 2 aliphatic carbocycles. The molecule has 6 nitrogen and oxygen atoms in total. The van der Waals surface area contributed by atoms with E-state index in [0.29, 0.717) is 24.8 Å². The van der Waals surface area contributed by atoms with Gasteiger partial charge in [-0.2, -0.15) is 0 Å². The molecule has 2 rings (SSSR count). The lowest BCUT2D eigenvalue weighted by Gasteiger charge is -2.48. The zero-order valence-electron chi connectivity index (χ0n) is 19.0. The third kappa shape index (κ3) is 5.21. The van der Waals surface area contributed by atoms with Crippen molar-refractivity contribution in [3.8, 4) is 0 Å². The molecule has 0 aromatic heterocycles. The highest BCUT2D eigenvalue weighted by Gasteiger charge is 2.48. The van der Waals surface area contributed by atoms with Gasteiger partial charge in [0.05, 0.1) is 7.11 Å². The van der Waals surface area contributed by atoms with Gasteiger partial charge in [-0.25, -0.2) is 9.59 Å². The molecular weight excluding hydrogens is 384 g/mol. The Balaban J connectivity index is 2.35. The van der Waals surface area contributed by atoms with E-state index in [1.54, 1.807) is 6.08 Å². The minimum absolute atomic E-state index is 0.185. The number of hydrogen-bond donors (Lipinski definition) is 0. The standard InChI is InChI=1S/C24H34O6/c1-8-14(2)11-22(26)30-20-9-10-24(6)13-21(29-17(5)25)18(12-19(24)16(20)4)15(3)23(27)28-7/h11,18,20-21H,3,8-10,12-13H2,1-2,4-7H3/t18-,20+,21-,24-/m1/s1. The fourth-order valence-electron chi connectivity index (χ4n) is 4.65. The number of ether oxygens (including phenoxy) is 3. The number of esters is 3. The van der Waals surface area contributed by atoms with Gasteiger partial charge in [-0.1, -0.05) is 31.6 Å². The van der Waals surface area contributed by atoms with Crippen molar-refractivity contribution in [1.82, 2.24) is 0 Å². The van der Waals surface area contributed by atoms with Gasteiger partial charge >= 0.3 is 17.9 Å². The van der Waals surface area contributed by atoms with E-state index in [9.17, 15) is 14.4 Å². The van der Waals surface area contributed by atoms with Crippen LogP contribution in [0.25, 0.3) is 0 Å². The summed E-state index contributed by atoms with van der Waals surface area (Å²) in [5.41, 5.74) is 3.26. The molecule has 166 valence electrons. The van der Waals surface area contributed by atoms with Gasteiger partial charge in [0.15, 0.2) is 0 Å². The van der Waals surface area contributed by atoms with Gasteiger partial charge in [0.25, 0.3) is 0 Å². The topological polar surface area (TPSA) is 78.9 Å². The summed E-state index contributed by atoms with van der Waals surface area (Å²) in [6.07, 6.45) is 4.25. The van der Waals surface area contributed by atoms with Crippen LogP contribution in [0, 0.1) is 11.3 Å². The van der Waals surface area contributed by atoms with Crippen LogP contribution >= 0.6 is 0 Å². The van der Waals surface area contributed by atoms with Crippen LogP contribution in [0.4, 0.5) is 0 Å². The Morgan fingerprint density at radius 3 is 2.47 bits per heavy atom. The summed E-state index contributed by atoms with van der Waals surface area (Å²) in [6, 6.07) is 0. The van der Waals surface area contributed by atoms with Crippen LogP contribution in [0.3, 0.4) is 0 Å². The molecule has 4 atom stereocenters. The minimum atomic E-state index is -0.502. The largest absolute Gasteiger partial charge is 0.466 e. The highest BCUT2D eigenvalue weighted by Crippen LogP contribution is 2.53. The van der Waals surface area contributed by atoms with Crippen LogP contribution in [-0.2, 0) is 28.6 Å². The van der Waals surface area contributed by atoms with E-state index in [0.717, 1.165) is 29.6 Å². The molecule has 0 bridgehead atoms. The van der Waals surface area contributed by atoms with Crippen LogP contribution in [0.1, 0.15) is 66.7 Å². The number of carbonyl (C=O) groups excluding carboxylic acids is 3. The summed E-state index contributed by atoms with van der Waals surface area (Å²) in [5.74, 6) is -1.57. The average Bonchev–Trinajstić information content (AvgIpc) is 2.68. The predicted octanol–water partition coefficient (Wildman–Crippen LogP) is 4.44. The monoisotopic (exact) mass is 418 g/mol. The Labute approximate surface area is 179 Å². The maximum Gasteiger partial charge on any atom is 0.333 e. The number of allylic oxidation sites excluding steroid dienone is 2.